The van der Waals surface area contributed by atoms with Gasteiger partial charge < -0.3 is 10.2 Å². The number of hydrogen-bond acceptors (Lipinski definition) is 6. The van der Waals surface area contributed by atoms with E-state index in [2.05, 4.69) is 26.6 Å². The van der Waals surface area contributed by atoms with Crippen LogP contribution in [0.1, 0.15) is 19.3 Å². The van der Waals surface area contributed by atoms with Crippen LogP contribution in [0.3, 0.4) is 0 Å². The van der Waals surface area contributed by atoms with Gasteiger partial charge in [0.15, 0.2) is 5.82 Å². The summed E-state index contributed by atoms with van der Waals surface area (Å²) in [6, 6.07) is 9.46. The predicted molar refractivity (Wildman–Crippen MR) is 87.3 cm³/mol. The van der Waals surface area contributed by atoms with Gasteiger partial charge in [-0.15, -0.1) is 5.10 Å². The van der Waals surface area contributed by atoms with E-state index in [0.29, 0.717) is 24.6 Å². The highest BCUT2D eigenvalue weighted by Crippen LogP contribution is 2.51. The van der Waals surface area contributed by atoms with Gasteiger partial charge >= 0.3 is 0 Å². The number of aromatic nitrogens is 3. The number of amides is 1. The summed E-state index contributed by atoms with van der Waals surface area (Å²) in [5.74, 6) is 1.31. The summed E-state index contributed by atoms with van der Waals surface area (Å²) in [6.07, 6.45) is 5.79. The van der Waals surface area contributed by atoms with Gasteiger partial charge in [0.1, 0.15) is 11.2 Å². The van der Waals surface area contributed by atoms with Crippen molar-refractivity contribution < 1.29 is 4.79 Å². The molecule has 0 radical (unpaired) electrons. The summed E-state index contributed by atoms with van der Waals surface area (Å²) in [4.78, 5) is 18.8. The van der Waals surface area contributed by atoms with Crippen LogP contribution >= 0.6 is 0 Å². The third-order valence-corrected chi connectivity index (χ3v) is 4.71. The number of hydrogen-bond donors (Lipinski definition) is 1. The number of pyridine rings is 1. The second-order valence-corrected chi connectivity index (χ2v) is 6.20. The predicted octanol–water partition coefficient (Wildman–Crippen LogP) is 2.27. The van der Waals surface area contributed by atoms with Crippen molar-refractivity contribution in [1.29, 1.82) is 5.26 Å². The van der Waals surface area contributed by atoms with Gasteiger partial charge in [-0.1, -0.05) is 0 Å². The van der Waals surface area contributed by atoms with Crippen LogP contribution in [0.25, 0.3) is 0 Å². The van der Waals surface area contributed by atoms with Crippen LogP contribution in [0, 0.1) is 22.7 Å². The van der Waals surface area contributed by atoms with Gasteiger partial charge in [0.05, 0.1) is 6.07 Å². The lowest BCUT2D eigenvalue weighted by Crippen LogP contribution is -2.35. The first-order chi connectivity index (χ1) is 11.7. The van der Waals surface area contributed by atoms with Crippen molar-refractivity contribution in [3.63, 3.8) is 0 Å². The van der Waals surface area contributed by atoms with E-state index in [1.165, 1.54) is 0 Å². The maximum absolute atomic E-state index is 12.9. The molecule has 1 N–H and O–H groups in total. The summed E-state index contributed by atoms with van der Waals surface area (Å²) < 4.78 is 0. The number of rotatable bonds is 4. The summed E-state index contributed by atoms with van der Waals surface area (Å²) in [5, 5.41) is 20.4. The first kappa shape index (κ1) is 14.6. The average molecular weight is 320 g/mol. The van der Waals surface area contributed by atoms with Crippen molar-refractivity contribution in [3.8, 4) is 6.07 Å². The smallest absolute Gasteiger partial charge is 0.247 e. The molecule has 0 unspecified atom stereocenters. The number of carbonyl (C=O) groups excluding carboxylic acids is 1. The molecule has 0 aromatic carbocycles. The minimum absolute atomic E-state index is 0.0795. The number of nitriles is 1. The molecule has 3 heterocycles. The van der Waals surface area contributed by atoms with Crippen molar-refractivity contribution in [1.82, 2.24) is 15.2 Å². The Balaban J connectivity index is 1.58. The topological polar surface area (TPSA) is 94.8 Å². The summed E-state index contributed by atoms with van der Waals surface area (Å²) in [6.45, 7) is 0.567. The molecule has 2 aromatic rings. The minimum Gasteiger partial charge on any atom is -0.323 e. The second kappa shape index (κ2) is 5.57. The summed E-state index contributed by atoms with van der Waals surface area (Å²) in [5.41, 5.74) is -0.0824. The quantitative estimate of drug-likeness (QED) is 0.928. The van der Waals surface area contributed by atoms with E-state index in [9.17, 15) is 10.1 Å². The monoisotopic (exact) mass is 320 g/mol. The van der Waals surface area contributed by atoms with Crippen molar-refractivity contribution in [2.45, 2.75) is 19.3 Å². The number of nitrogens with zero attached hydrogens (tertiary/aromatic N) is 5. The molecule has 2 aromatic heterocycles. The summed E-state index contributed by atoms with van der Waals surface area (Å²) in [7, 11) is 0. The molecule has 24 heavy (non-hydrogen) atoms. The molecule has 7 heteroatoms. The molecule has 1 saturated carbocycles. The van der Waals surface area contributed by atoms with Crippen LogP contribution in [0.15, 0.2) is 36.7 Å². The molecule has 1 amide bonds. The molecule has 2 aliphatic rings. The van der Waals surface area contributed by atoms with Crippen molar-refractivity contribution in [2.75, 3.05) is 16.8 Å². The van der Waals surface area contributed by atoms with Gasteiger partial charge in [0, 0.05) is 30.7 Å². The first-order valence-corrected chi connectivity index (χ1v) is 7.97. The third-order valence-electron chi connectivity index (χ3n) is 4.71. The SMILES string of the molecule is N#C[C@@]1(C2CC2)CCN(c2ccnc(Nc3cccnn3)c2)C1=O. The minimum atomic E-state index is -0.832. The Morgan fingerprint density at radius 1 is 1.29 bits per heavy atom. The van der Waals surface area contributed by atoms with E-state index in [4.69, 9.17) is 0 Å². The van der Waals surface area contributed by atoms with E-state index in [1.807, 2.05) is 0 Å². The van der Waals surface area contributed by atoms with E-state index in [1.54, 1.807) is 41.6 Å². The largest absolute Gasteiger partial charge is 0.323 e. The standard InChI is InChI=1S/C17H16N6O/c18-11-17(12-3-4-12)6-9-23(16(17)24)13-5-8-19-15(10-13)21-14-2-1-7-20-22-14/h1-2,5,7-8,10,12H,3-4,6,9H2,(H,19,21,22)/t17-/m1/s1. The Morgan fingerprint density at radius 2 is 2.17 bits per heavy atom. The van der Waals surface area contributed by atoms with Crippen LogP contribution in [0.5, 0.6) is 0 Å². The molecule has 1 aliphatic carbocycles. The highest BCUT2D eigenvalue weighted by Gasteiger charge is 2.56. The Hall–Kier alpha value is -3.01. The van der Waals surface area contributed by atoms with E-state index >= 15 is 0 Å². The zero-order chi connectivity index (χ0) is 16.6. The molecular formula is C17H16N6O. The van der Waals surface area contributed by atoms with Crippen molar-refractivity contribution in [3.05, 3.63) is 36.7 Å². The Labute approximate surface area is 139 Å². The Morgan fingerprint density at radius 3 is 2.88 bits per heavy atom. The molecule has 0 bridgehead atoms. The zero-order valence-electron chi connectivity index (χ0n) is 13.0. The fraction of sp³-hybridized carbons (Fsp3) is 0.353. The molecule has 1 aliphatic heterocycles. The Bertz CT molecular complexity index is 813. The lowest BCUT2D eigenvalue weighted by atomic mass is 9.83. The van der Waals surface area contributed by atoms with Crippen molar-refractivity contribution >= 4 is 23.2 Å². The normalized spacial score (nSPS) is 23.1. The number of nitrogens with one attached hydrogen (secondary N) is 1. The van der Waals surface area contributed by atoms with Crippen LogP contribution in [0.2, 0.25) is 0 Å². The van der Waals surface area contributed by atoms with Gasteiger partial charge in [-0.05, 0) is 43.4 Å². The van der Waals surface area contributed by atoms with Gasteiger partial charge in [-0.25, -0.2) is 4.98 Å². The molecule has 1 saturated heterocycles. The van der Waals surface area contributed by atoms with E-state index < -0.39 is 5.41 Å². The lowest BCUT2D eigenvalue weighted by Gasteiger charge is -2.21. The van der Waals surface area contributed by atoms with Crippen LogP contribution in [-0.4, -0.2) is 27.6 Å². The second-order valence-electron chi connectivity index (χ2n) is 6.20. The lowest BCUT2D eigenvalue weighted by molar-refractivity contribution is -0.123. The first-order valence-electron chi connectivity index (χ1n) is 7.97. The molecule has 4 rings (SSSR count). The van der Waals surface area contributed by atoms with Gasteiger partial charge in [0.2, 0.25) is 5.91 Å². The average Bonchev–Trinajstić information content (AvgIpc) is 3.41. The van der Waals surface area contributed by atoms with Gasteiger partial charge in [0.25, 0.3) is 0 Å². The van der Waals surface area contributed by atoms with Crippen LogP contribution < -0.4 is 10.2 Å². The summed E-state index contributed by atoms with van der Waals surface area (Å²) >= 11 is 0. The fourth-order valence-electron chi connectivity index (χ4n) is 3.29. The van der Waals surface area contributed by atoms with Crippen molar-refractivity contribution in [2.24, 2.45) is 11.3 Å². The maximum Gasteiger partial charge on any atom is 0.247 e. The highest BCUT2D eigenvalue weighted by atomic mass is 16.2. The fourth-order valence-corrected chi connectivity index (χ4v) is 3.29. The van der Waals surface area contributed by atoms with Gasteiger partial charge in [-0.3, -0.25) is 4.79 Å². The number of carbonyl (C=O) groups is 1. The van der Waals surface area contributed by atoms with Gasteiger partial charge in [-0.2, -0.15) is 10.4 Å². The highest BCUT2D eigenvalue weighted by molar-refractivity contribution is 6.02. The Kier molecular flexibility index (Phi) is 3.38. The molecular weight excluding hydrogens is 304 g/mol. The molecule has 120 valence electrons. The maximum atomic E-state index is 12.9. The molecule has 1 atom stereocenters. The van der Waals surface area contributed by atoms with Crippen LogP contribution in [-0.2, 0) is 4.79 Å². The van der Waals surface area contributed by atoms with E-state index in [-0.39, 0.29) is 11.8 Å². The van der Waals surface area contributed by atoms with E-state index in [0.717, 1.165) is 18.5 Å². The molecule has 7 nitrogen and oxygen atoms in total. The molecule has 0 spiro atoms. The molecule has 2 fully saturated rings. The third kappa shape index (κ3) is 2.36. The van der Waals surface area contributed by atoms with Crippen LogP contribution in [0.4, 0.5) is 17.3 Å². The zero-order valence-corrected chi connectivity index (χ0v) is 13.0. The number of anilines is 3.